The van der Waals surface area contributed by atoms with Gasteiger partial charge in [-0.1, -0.05) is 6.07 Å². The van der Waals surface area contributed by atoms with Crippen molar-refractivity contribution in [3.8, 4) is 0 Å². The van der Waals surface area contributed by atoms with Crippen LogP contribution >= 0.6 is 0 Å². The van der Waals surface area contributed by atoms with Gasteiger partial charge in [-0.2, -0.15) is 0 Å². The van der Waals surface area contributed by atoms with E-state index < -0.39 is 0 Å². The third-order valence-electron chi connectivity index (χ3n) is 2.74. The number of carbonyl (C=O) groups excluding carboxylic acids is 1. The van der Waals surface area contributed by atoms with E-state index in [0.717, 1.165) is 32.7 Å². The van der Waals surface area contributed by atoms with Crippen molar-refractivity contribution in [1.82, 2.24) is 15.2 Å². The Morgan fingerprint density at radius 2 is 2.10 bits per heavy atom. The monoisotopic (exact) mass is 279 g/mol. The van der Waals surface area contributed by atoms with E-state index in [-0.39, 0.29) is 5.60 Å². The van der Waals surface area contributed by atoms with Crippen LogP contribution in [0.1, 0.15) is 26.3 Å². The molecule has 0 radical (unpaired) electrons. The first kappa shape index (κ1) is 16.6. The number of hydrogen-bond acceptors (Lipinski definition) is 5. The molecule has 5 nitrogen and oxygen atoms in total. The molecule has 1 fully saturated rings. The summed E-state index contributed by atoms with van der Waals surface area (Å²) in [6.45, 7) is 11.5. The number of ether oxygens (including phenoxy) is 1. The van der Waals surface area contributed by atoms with Crippen molar-refractivity contribution < 1.29 is 9.53 Å². The molecule has 5 heteroatoms. The second-order valence-corrected chi connectivity index (χ2v) is 5.71. The highest BCUT2D eigenvalue weighted by Gasteiger charge is 2.09. The van der Waals surface area contributed by atoms with Gasteiger partial charge in [0.25, 0.3) is 6.47 Å². The Labute approximate surface area is 121 Å². The van der Waals surface area contributed by atoms with E-state index in [1.807, 2.05) is 39.2 Å². The van der Waals surface area contributed by atoms with Crippen LogP contribution in [0.3, 0.4) is 0 Å². The molecule has 0 bridgehead atoms. The maximum Gasteiger partial charge on any atom is 0.293 e. The van der Waals surface area contributed by atoms with Crippen LogP contribution in [0.2, 0.25) is 0 Å². The standard InChI is InChI=1S/C10H15N3.C5H10O2/c1-2-10(8-12-3-1)9-13-6-4-11-5-7-13;1-5(2,3)7-4-6/h1-3,8,11H,4-7,9H2;4H,1-3H3. The second kappa shape index (κ2) is 8.66. The molecule has 0 atom stereocenters. The Balaban J connectivity index is 0.000000246. The van der Waals surface area contributed by atoms with Crippen molar-refractivity contribution in [3.05, 3.63) is 30.1 Å². The molecule has 1 N–H and O–H groups in total. The molecule has 1 aromatic rings. The molecule has 1 aliphatic heterocycles. The fraction of sp³-hybridized carbons (Fsp3) is 0.600. The summed E-state index contributed by atoms with van der Waals surface area (Å²) < 4.78 is 4.55. The quantitative estimate of drug-likeness (QED) is 0.849. The number of nitrogens with zero attached hydrogens (tertiary/aromatic N) is 2. The van der Waals surface area contributed by atoms with Crippen LogP contribution in [0, 0.1) is 0 Å². The van der Waals surface area contributed by atoms with Crippen molar-refractivity contribution in [2.75, 3.05) is 26.2 Å². The van der Waals surface area contributed by atoms with Crippen molar-refractivity contribution >= 4 is 6.47 Å². The maximum atomic E-state index is 9.60. The van der Waals surface area contributed by atoms with Crippen molar-refractivity contribution in [2.24, 2.45) is 0 Å². The molecule has 1 saturated heterocycles. The molecule has 0 amide bonds. The average molecular weight is 279 g/mol. The van der Waals surface area contributed by atoms with Gasteiger partial charge in [-0.25, -0.2) is 0 Å². The van der Waals surface area contributed by atoms with Crippen LogP contribution in [0.25, 0.3) is 0 Å². The zero-order valence-electron chi connectivity index (χ0n) is 12.6. The van der Waals surface area contributed by atoms with Gasteiger partial charge in [0.1, 0.15) is 5.60 Å². The Hall–Kier alpha value is -1.46. The lowest BCUT2D eigenvalue weighted by Crippen LogP contribution is -2.42. The number of carbonyl (C=O) groups is 1. The van der Waals surface area contributed by atoms with Gasteiger partial charge >= 0.3 is 0 Å². The molecule has 2 rings (SSSR count). The minimum atomic E-state index is -0.318. The van der Waals surface area contributed by atoms with Gasteiger partial charge in [0.2, 0.25) is 0 Å². The highest BCUT2D eigenvalue weighted by molar-refractivity contribution is 5.37. The van der Waals surface area contributed by atoms with Gasteiger partial charge in [0.15, 0.2) is 0 Å². The average Bonchev–Trinajstić information content (AvgIpc) is 2.40. The number of hydrogen-bond donors (Lipinski definition) is 1. The number of rotatable bonds is 3. The smallest absolute Gasteiger partial charge is 0.293 e. The first-order valence-corrected chi connectivity index (χ1v) is 6.95. The van der Waals surface area contributed by atoms with Gasteiger partial charge in [0.05, 0.1) is 0 Å². The van der Waals surface area contributed by atoms with Gasteiger partial charge in [-0.05, 0) is 32.4 Å². The molecule has 0 saturated carbocycles. The van der Waals surface area contributed by atoms with Crippen LogP contribution in [0.4, 0.5) is 0 Å². The first-order chi connectivity index (χ1) is 9.51. The largest absolute Gasteiger partial charge is 0.462 e. The number of pyridine rings is 1. The maximum absolute atomic E-state index is 9.60. The summed E-state index contributed by atoms with van der Waals surface area (Å²) in [5.74, 6) is 0. The molecule has 0 aromatic carbocycles. The van der Waals surface area contributed by atoms with Crippen LogP contribution < -0.4 is 5.32 Å². The Morgan fingerprint density at radius 3 is 2.55 bits per heavy atom. The van der Waals surface area contributed by atoms with E-state index in [4.69, 9.17) is 0 Å². The van der Waals surface area contributed by atoms with Crippen LogP contribution in [0.5, 0.6) is 0 Å². The molecular formula is C15H25N3O2. The molecule has 112 valence electrons. The number of piperazine rings is 1. The summed E-state index contributed by atoms with van der Waals surface area (Å²) in [5.41, 5.74) is 0.992. The fourth-order valence-electron chi connectivity index (χ4n) is 1.76. The highest BCUT2D eigenvalue weighted by atomic mass is 16.5. The lowest BCUT2D eigenvalue weighted by molar-refractivity contribution is -0.138. The third-order valence-corrected chi connectivity index (χ3v) is 2.74. The summed E-state index contributed by atoms with van der Waals surface area (Å²) in [5, 5.41) is 3.34. The summed E-state index contributed by atoms with van der Waals surface area (Å²) in [6.07, 6.45) is 3.77. The van der Waals surface area contributed by atoms with E-state index >= 15 is 0 Å². The van der Waals surface area contributed by atoms with Gasteiger partial charge in [0, 0.05) is 45.1 Å². The molecular weight excluding hydrogens is 254 g/mol. The first-order valence-electron chi connectivity index (χ1n) is 6.95. The van der Waals surface area contributed by atoms with E-state index in [2.05, 4.69) is 26.0 Å². The summed E-state index contributed by atoms with van der Waals surface area (Å²) in [6, 6.07) is 4.13. The van der Waals surface area contributed by atoms with E-state index in [9.17, 15) is 4.79 Å². The minimum Gasteiger partial charge on any atom is -0.462 e. The lowest BCUT2D eigenvalue weighted by Gasteiger charge is -2.26. The molecule has 0 spiro atoms. The Morgan fingerprint density at radius 1 is 1.40 bits per heavy atom. The van der Waals surface area contributed by atoms with Crippen LogP contribution in [-0.2, 0) is 16.1 Å². The number of aromatic nitrogens is 1. The predicted octanol–water partition coefficient (Wildman–Crippen LogP) is 1.44. The Kier molecular flexibility index (Phi) is 7.18. The van der Waals surface area contributed by atoms with Crippen molar-refractivity contribution in [1.29, 1.82) is 0 Å². The molecule has 0 aliphatic carbocycles. The predicted molar refractivity (Wildman–Crippen MR) is 79.3 cm³/mol. The Bertz CT molecular complexity index is 370. The van der Waals surface area contributed by atoms with Crippen molar-refractivity contribution in [2.45, 2.75) is 32.9 Å². The van der Waals surface area contributed by atoms with Gasteiger partial charge in [-0.15, -0.1) is 0 Å². The van der Waals surface area contributed by atoms with Crippen LogP contribution in [-0.4, -0.2) is 48.1 Å². The van der Waals surface area contributed by atoms with Crippen molar-refractivity contribution in [3.63, 3.8) is 0 Å². The molecule has 1 aliphatic rings. The summed E-state index contributed by atoms with van der Waals surface area (Å²) in [7, 11) is 0. The number of nitrogens with one attached hydrogen (secondary N) is 1. The van der Waals surface area contributed by atoms with E-state index in [1.165, 1.54) is 5.56 Å². The fourth-order valence-corrected chi connectivity index (χ4v) is 1.76. The zero-order valence-corrected chi connectivity index (χ0v) is 12.6. The lowest BCUT2D eigenvalue weighted by atomic mass is 10.2. The zero-order chi connectivity index (χ0) is 14.8. The SMILES string of the molecule is CC(C)(C)OC=O.c1cncc(CN2CCNCC2)c1. The summed E-state index contributed by atoms with van der Waals surface area (Å²) >= 11 is 0. The second-order valence-electron chi connectivity index (χ2n) is 5.71. The topological polar surface area (TPSA) is 54.5 Å². The normalized spacial score (nSPS) is 15.9. The van der Waals surface area contributed by atoms with E-state index in [0.29, 0.717) is 6.47 Å². The summed E-state index contributed by atoms with van der Waals surface area (Å²) in [4.78, 5) is 16.2. The van der Waals surface area contributed by atoms with Crippen LogP contribution in [0.15, 0.2) is 24.5 Å². The third kappa shape index (κ3) is 7.86. The van der Waals surface area contributed by atoms with E-state index in [1.54, 1.807) is 0 Å². The van der Waals surface area contributed by atoms with Gasteiger partial charge in [-0.3, -0.25) is 14.7 Å². The molecule has 20 heavy (non-hydrogen) atoms. The molecule has 0 unspecified atom stereocenters. The molecule has 2 heterocycles. The minimum absolute atomic E-state index is 0.318. The molecule has 1 aromatic heterocycles. The highest BCUT2D eigenvalue weighted by Crippen LogP contribution is 2.03. The van der Waals surface area contributed by atoms with Gasteiger partial charge < -0.3 is 10.1 Å².